The molecule has 0 saturated carbocycles. The molecule has 0 radical (unpaired) electrons. The first-order valence-electron chi connectivity index (χ1n) is 4.91. The van der Waals surface area contributed by atoms with Gasteiger partial charge in [0.1, 0.15) is 5.76 Å². The van der Waals surface area contributed by atoms with E-state index in [9.17, 15) is 0 Å². The summed E-state index contributed by atoms with van der Waals surface area (Å²) in [5.74, 6) is 1.81. The molecular formula is C11H18O. The normalized spacial score (nSPS) is 10.9. The first-order valence-corrected chi connectivity index (χ1v) is 4.91. The highest BCUT2D eigenvalue weighted by molar-refractivity contribution is 5.04. The number of rotatable bonds is 5. The van der Waals surface area contributed by atoms with E-state index < -0.39 is 0 Å². The van der Waals surface area contributed by atoms with Gasteiger partial charge in [-0.2, -0.15) is 0 Å². The minimum Gasteiger partial charge on any atom is -0.469 e. The maximum atomic E-state index is 5.40. The molecule has 0 N–H and O–H groups in total. The fraction of sp³-hybridized carbons (Fsp3) is 0.636. The summed E-state index contributed by atoms with van der Waals surface area (Å²) in [6, 6.07) is 4.07. The maximum absolute atomic E-state index is 5.40. The lowest BCUT2D eigenvalue weighted by Crippen LogP contribution is -1.95. The fourth-order valence-corrected chi connectivity index (χ4v) is 1.65. The summed E-state index contributed by atoms with van der Waals surface area (Å²) in [4.78, 5) is 0. The molecule has 68 valence electrons. The van der Waals surface area contributed by atoms with E-state index in [0.29, 0.717) is 5.92 Å². The smallest absolute Gasteiger partial charge is 0.106 e. The standard InChI is InChI=1S/C11H18O/c1-3-6-10(7-4-2)11-8-5-9-12-11/h5,8-10H,3-4,6-7H2,1-2H3. The van der Waals surface area contributed by atoms with Crippen molar-refractivity contribution in [2.75, 3.05) is 0 Å². The summed E-state index contributed by atoms with van der Waals surface area (Å²) in [7, 11) is 0. The first kappa shape index (κ1) is 9.37. The van der Waals surface area contributed by atoms with Crippen molar-refractivity contribution >= 4 is 0 Å². The number of hydrogen-bond acceptors (Lipinski definition) is 1. The van der Waals surface area contributed by atoms with Gasteiger partial charge in [-0.3, -0.25) is 0 Å². The van der Waals surface area contributed by atoms with Gasteiger partial charge in [0.2, 0.25) is 0 Å². The molecule has 0 aliphatic rings. The van der Waals surface area contributed by atoms with Crippen LogP contribution in [0.25, 0.3) is 0 Å². The lowest BCUT2D eigenvalue weighted by Gasteiger charge is -2.11. The third kappa shape index (κ3) is 2.40. The van der Waals surface area contributed by atoms with E-state index in [4.69, 9.17) is 4.42 Å². The Balaban J connectivity index is 2.53. The van der Waals surface area contributed by atoms with Gasteiger partial charge in [0.25, 0.3) is 0 Å². The van der Waals surface area contributed by atoms with Crippen LogP contribution in [-0.2, 0) is 0 Å². The Bertz CT molecular complexity index is 183. The van der Waals surface area contributed by atoms with Gasteiger partial charge in [-0.15, -0.1) is 0 Å². The second-order valence-corrected chi connectivity index (χ2v) is 3.29. The van der Waals surface area contributed by atoms with Crippen molar-refractivity contribution in [2.24, 2.45) is 0 Å². The quantitative estimate of drug-likeness (QED) is 0.645. The number of hydrogen-bond donors (Lipinski definition) is 0. The summed E-state index contributed by atoms with van der Waals surface area (Å²) >= 11 is 0. The van der Waals surface area contributed by atoms with Gasteiger partial charge < -0.3 is 4.42 Å². The maximum Gasteiger partial charge on any atom is 0.106 e. The summed E-state index contributed by atoms with van der Waals surface area (Å²) in [6.07, 6.45) is 6.76. The van der Waals surface area contributed by atoms with Crippen molar-refractivity contribution in [2.45, 2.75) is 45.4 Å². The van der Waals surface area contributed by atoms with Crippen LogP contribution in [0.5, 0.6) is 0 Å². The van der Waals surface area contributed by atoms with E-state index in [1.165, 1.54) is 31.4 Å². The molecule has 1 aromatic rings. The van der Waals surface area contributed by atoms with Crippen LogP contribution in [0, 0.1) is 0 Å². The zero-order chi connectivity index (χ0) is 8.81. The Morgan fingerprint density at radius 2 is 1.92 bits per heavy atom. The molecule has 1 heteroatoms. The first-order chi connectivity index (χ1) is 5.88. The van der Waals surface area contributed by atoms with Crippen LogP contribution >= 0.6 is 0 Å². The summed E-state index contributed by atoms with van der Waals surface area (Å²) in [5.41, 5.74) is 0. The van der Waals surface area contributed by atoms with Crippen LogP contribution < -0.4 is 0 Å². The van der Waals surface area contributed by atoms with E-state index in [1.807, 2.05) is 6.07 Å². The van der Waals surface area contributed by atoms with Crippen LogP contribution in [-0.4, -0.2) is 0 Å². The molecule has 0 saturated heterocycles. The van der Waals surface area contributed by atoms with Gasteiger partial charge >= 0.3 is 0 Å². The fourth-order valence-electron chi connectivity index (χ4n) is 1.65. The largest absolute Gasteiger partial charge is 0.469 e. The van der Waals surface area contributed by atoms with Crippen molar-refractivity contribution < 1.29 is 4.42 Å². The van der Waals surface area contributed by atoms with Gasteiger partial charge in [-0.05, 0) is 25.0 Å². The molecule has 0 atom stereocenters. The number of furan rings is 1. The van der Waals surface area contributed by atoms with Gasteiger partial charge in [-0.25, -0.2) is 0 Å². The highest BCUT2D eigenvalue weighted by atomic mass is 16.3. The molecule has 12 heavy (non-hydrogen) atoms. The Hall–Kier alpha value is -0.720. The average molecular weight is 166 g/mol. The van der Waals surface area contributed by atoms with Gasteiger partial charge in [0.15, 0.2) is 0 Å². The molecule has 1 aromatic heterocycles. The van der Waals surface area contributed by atoms with Crippen LogP contribution in [0.4, 0.5) is 0 Å². The molecule has 0 spiro atoms. The lowest BCUT2D eigenvalue weighted by molar-refractivity contribution is 0.425. The Kier molecular flexibility index (Phi) is 3.92. The van der Waals surface area contributed by atoms with Crippen molar-refractivity contribution in [3.8, 4) is 0 Å². The van der Waals surface area contributed by atoms with Gasteiger partial charge in [0, 0.05) is 5.92 Å². The Labute approximate surface area is 74.8 Å². The van der Waals surface area contributed by atoms with Crippen molar-refractivity contribution in [1.82, 2.24) is 0 Å². The topological polar surface area (TPSA) is 13.1 Å². The summed E-state index contributed by atoms with van der Waals surface area (Å²) < 4.78 is 5.40. The molecule has 0 fully saturated rings. The summed E-state index contributed by atoms with van der Waals surface area (Å²) in [5, 5.41) is 0. The van der Waals surface area contributed by atoms with E-state index in [1.54, 1.807) is 6.26 Å². The predicted octanol–water partition coefficient (Wildman–Crippen LogP) is 3.96. The monoisotopic (exact) mass is 166 g/mol. The molecule has 1 heterocycles. The van der Waals surface area contributed by atoms with Crippen LogP contribution in [0.15, 0.2) is 22.8 Å². The van der Waals surface area contributed by atoms with Crippen LogP contribution in [0.1, 0.15) is 51.2 Å². The second-order valence-electron chi connectivity index (χ2n) is 3.29. The van der Waals surface area contributed by atoms with E-state index in [2.05, 4.69) is 19.9 Å². The molecule has 0 aromatic carbocycles. The molecule has 1 rings (SSSR count). The molecule has 0 amide bonds. The zero-order valence-electron chi connectivity index (χ0n) is 8.05. The molecular weight excluding hydrogens is 148 g/mol. The van der Waals surface area contributed by atoms with E-state index in [-0.39, 0.29) is 0 Å². The average Bonchev–Trinajstić information content (AvgIpc) is 2.56. The molecule has 0 aliphatic carbocycles. The summed E-state index contributed by atoms with van der Waals surface area (Å²) in [6.45, 7) is 4.46. The Morgan fingerprint density at radius 3 is 2.33 bits per heavy atom. The van der Waals surface area contributed by atoms with Crippen LogP contribution in [0.3, 0.4) is 0 Å². The zero-order valence-corrected chi connectivity index (χ0v) is 8.05. The minimum absolute atomic E-state index is 0.648. The highest BCUT2D eigenvalue weighted by Gasteiger charge is 2.11. The third-order valence-electron chi connectivity index (χ3n) is 2.22. The SMILES string of the molecule is CCCC(CCC)c1ccco1. The van der Waals surface area contributed by atoms with Crippen molar-refractivity contribution in [3.05, 3.63) is 24.2 Å². The minimum atomic E-state index is 0.648. The lowest BCUT2D eigenvalue weighted by atomic mass is 9.96. The molecule has 0 unspecified atom stereocenters. The second kappa shape index (κ2) is 5.02. The van der Waals surface area contributed by atoms with Gasteiger partial charge in [-0.1, -0.05) is 26.7 Å². The van der Waals surface area contributed by atoms with Crippen LogP contribution in [0.2, 0.25) is 0 Å². The van der Waals surface area contributed by atoms with Gasteiger partial charge in [0.05, 0.1) is 6.26 Å². The highest BCUT2D eigenvalue weighted by Crippen LogP contribution is 2.26. The predicted molar refractivity (Wildman–Crippen MR) is 51.3 cm³/mol. The van der Waals surface area contributed by atoms with Crippen molar-refractivity contribution in [3.63, 3.8) is 0 Å². The molecule has 1 nitrogen and oxygen atoms in total. The van der Waals surface area contributed by atoms with E-state index >= 15 is 0 Å². The third-order valence-corrected chi connectivity index (χ3v) is 2.22. The van der Waals surface area contributed by atoms with E-state index in [0.717, 1.165) is 0 Å². The Morgan fingerprint density at radius 1 is 1.25 bits per heavy atom. The molecule has 0 aliphatic heterocycles. The molecule has 0 bridgehead atoms. The van der Waals surface area contributed by atoms with Crippen molar-refractivity contribution in [1.29, 1.82) is 0 Å².